The number of hydrogen-bond acceptors (Lipinski definition) is 2. The summed E-state index contributed by atoms with van der Waals surface area (Å²) in [4.78, 5) is 0. The van der Waals surface area contributed by atoms with E-state index in [0.29, 0.717) is 6.61 Å². The second-order valence-electron chi connectivity index (χ2n) is 4.34. The van der Waals surface area contributed by atoms with E-state index in [4.69, 9.17) is 10.5 Å². The van der Waals surface area contributed by atoms with Crippen molar-refractivity contribution in [3.05, 3.63) is 54.1 Å². The molecule has 94 valence electrons. The van der Waals surface area contributed by atoms with Crippen LogP contribution in [0.5, 0.6) is 5.75 Å². The zero-order chi connectivity index (χ0) is 13.0. The van der Waals surface area contributed by atoms with Crippen molar-refractivity contribution in [2.45, 2.75) is 19.9 Å². The second kappa shape index (κ2) is 5.69. The molecule has 1 atom stereocenters. The van der Waals surface area contributed by atoms with Gasteiger partial charge < -0.3 is 10.5 Å². The summed E-state index contributed by atoms with van der Waals surface area (Å²) in [6.45, 7) is 4.67. The average molecular weight is 241 g/mol. The molecule has 1 unspecified atom stereocenters. The number of ether oxygens (including phenoxy) is 1. The highest BCUT2D eigenvalue weighted by molar-refractivity contribution is 5.69. The van der Waals surface area contributed by atoms with Crippen LogP contribution in [0, 0.1) is 0 Å². The maximum Gasteiger partial charge on any atom is 0.119 e. The minimum Gasteiger partial charge on any atom is -0.494 e. The van der Waals surface area contributed by atoms with Crippen LogP contribution in [0.15, 0.2) is 48.5 Å². The highest BCUT2D eigenvalue weighted by Gasteiger charge is 2.08. The summed E-state index contributed by atoms with van der Waals surface area (Å²) in [6.07, 6.45) is 0. The Morgan fingerprint density at radius 2 is 1.89 bits per heavy atom. The predicted octanol–water partition coefficient (Wildman–Crippen LogP) is 3.77. The highest BCUT2D eigenvalue weighted by Crippen LogP contribution is 2.29. The molecular formula is C16H19NO. The zero-order valence-corrected chi connectivity index (χ0v) is 10.9. The maximum atomic E-state index is 6.02. The van der Waals surface area contributed by atoms with E-state index in [0.717, 1.165) is 16.9 Å². The number of hydrogen-bond donors (Lipinski definition) is 1. The van der Waals surface area contributed by atoms with Gasteiger partial charge in [0.15, 0.2) is 0 Å². The first-order valence-corrected chi connectivity index (χ1v) is 6.30. The first-order valence-electron chi connectivity index (χ1n) is 6.30. The average Bonchev–Trinajstić information content (AvgIpc) is 2.39. The van der Waals surface area contributed by atoms with Crippen molar-refractivity contribution in [3.8, 4) is 16.9 Å². The van der Waals surface area contributed by atoms with Crippen LogP contribution in [-0.4, -0.2) is 6.61 Å². The van der Waals surface area contributed by atoms with Gasteiger partial charge in [-0.2, -0.15) is 0 Å². The molecule has 0 aliphatic heterocycles. The number of rotatable bonds is 4. The third kappa shape index (κ3) is 2.71. The van der Waals surface area contributed by atoms with Crippen molar-refractivity contribution in [2.24, 2.45) is 5.73 Å². The molecule has 0 radical (unpaired) electrons. The quantitative estimate of drug-likeness (QED) is 0.884. The van der Waals surface area contributed by atoms with Crippen LogP contribution in [0.25, 0.3) is 11.1 Å². The van der Waals surface area contributed by atoms with Gasteiger partial charge in [0.2, 0.25) is 0 Å². The Morgan fingerprint density at radius 1 is 1.11 bits per heavy atom. The van der Waals surface area contributed by atoms with Gasteiger partial charge in [0.25, 0.3) is 0 Å². The largest absolute Gasteiger partial charge is 0.494 e. The van der Waals surface area contributed by atoms with Crippen molar-refractivity contribution < 1.29 is 4.74 Å². The van der Waals surface area contributed by atoms with E-state index in [1.54, 1.807) is 0 Å². The molecule has 2 aromatic rings. The van der Waals surface area contributed by atoms with Crippen molar-refractivity contribution >= 4 is 0 Å². The SMILES string of the molecule is CCOc1cccc(-c2ccccc2C(C)N)c1. The molecule has 0 saturated carbocycles. The van der Waals surface area contributed by atoms with Gasteiger partial charge in [-0.05, 0) is 42.7 Å². The molecule has 2 heteroatoms. The minimum atomic E-state index is 0.0250. The maximum absolute atomic E-state index is 6.02. The van der Waals surface area contributed by atoms with Gasteiger partial charge in [0.05, 0.1) is 6.61 Å². The normalized spacial score (nSPS) is 12.2. The second-order valence-corrected chi connectivity index (χ2v) is 4.34. The lowest BCUT2D eigenvalue weighted by molar-refractivity contribution is 0.340. The molecule has 2 nitrogen and oxygen atoms in total. The fourth-order valence-corrected chi connectivity index (χ4v) is 2.08. The fourth-order valence-electron chi connectivity index (χ4n) is 2.08. The first-order chi connectivity index (χ1) is 8.72. The smallest absolute Gasteiger partial charge is 0.119 e. The van der Waals surface area contributed by atoms with E-state index >= 15 is 0 Å². The molecule has 0 bridgehead atoms. The van der Waals surface area contributed by atoms with E-state index in [2.05, 4.69) is 24.3 Å². The van der Waals surface area contributed by atoms with Crippen molar-refractivity contribution in [1.29, 1.82) is 0 Å². The van der Waals surface area contributed by atoms with Gasteiger partial charge in [-0.3, -0.25) is 0 Å². The van der Waals surface area contributed by atoms with Gasteiger partial charge >= 0.3 is 0 Å². The van der Waals surface area contributed by atoms with Gasteiger partial charge in [-0.1, -0.05) is 36.4 Å². The number of benzene rings is 2. The van der Waals surface area contributed by atoms with Crippen LogP contribution < -0.4 is 10.5 Å². The lowest BCUT2D eigenvalue weighted by atomic mass is 9.96. The monoisotopic (exact) mass is 241 g/mol. The van der Waals surface area contributed by atoms with Crippen LogP contribution in [0.1, 0.15) is 25.5 Å². The Hall–Kier alpha value is -1.80. The molecule has 0 spiro atoms. The van der Waals surface area contributed by atoms with E-state index in [1.165, 1.54) is 5.56 Å². The zero-order valence-electron chi connectivity index (χ0n) is 10.9. The molecule has 0 amide bonds. The van der Waals surface area contributed by atoms with Crippen LogP contribution in [-0.2, 0) is 0 Å². The summed E-state index contributed by atoms with van der Waals surface area (Å²) in [6, 6.07) is 16.4. The van der Waals surface area contributed by atoms with Crippen molar-refractivity contribution in [2.75, 3.05) is 6.61 Å². The molecule has 0 saturated heterocycles. The van der Waals surface area contributed by atoms with Gasteiger partial charge in [0.1, 0.15) is 5.75 Å². The standard InChI is InChI=1S/C16H19NO/c1-3-18-14-8-6-7-13(11-14)16-10-5-4-9-15(16)12(2)17/h4-12H,3,17H2,1-2H3. The van der Waals surface area contributed by atoms with Crippen LogP contribution in [0.3, 0.4) is 0 Å². The molecule has 2 N–H and O–H groups in total. The van der Waals surface area contributed by atoms with E-state index < -0.39 is 0 Å². The van der Waals surface area contributed by atoms with Gasteiger partial charge in [-0.15, -0.1) is 0 Å². The summed E-state index contributed by atoms with van der Waals surface area (Å²) in [5, 5.41) is 0. The van der Waals surface area contributed by atoms with Crippen LogP contribution in [0.4, 0.5) is 0 Å². The number of nitrogens with two attached hydrogens (primary N) is 1. The van der Waals surface area contributed by atoms with Crippen LogP contribution >= 0.6 is 0 Å². The highest BCUT2D eigenvalue weighted by atomic mass is 16.5. The summed E-state index contributed by atoms with van der Waals surface area (Å²) in [7, 11) is 0. The summed E-state index contributed by atoms with van der Waals surface area (Å²) < 4.78 is 5.54. The lowest BCUT2D eigenvalue weighted by Crippen LogP contribution is -2.06. The summed E-state index contributed by atoms with van der Waals surface area (Å²) >= 11 is 0. The van der Waals surface area contributed by atoms with E-state index in [1.807, 2.05) is 38.1 Å². The Morgan fingerprint density at radius 3 is 2.61 bits per heavy atom. The van der Waals surface area contributed by atoms with E-state index in [-0.39, 0.29) is 6.04 Å². The summed E-state index contributed by atoms with van der Waals surface area (Å²) in [5.41, 5.74) is 9.50. The third-order valence-electron chi connectivity index (χ3n) is 2.91. The Balaban J connectivity index is 2.45. The topological polar surface area (TPSA) is 35.2 Å². The lowest BCUT2D eigenvalue weighted by Gasteiger charge is -2.13. The van der Waals surface area contributed by atoms with Crippen molar-refractivity contribution in [3.63, 3.8) is 0 Å². The molecule has 2 aromatic carbocycles. The Kier molecular flexibility index (Phi) is 4.00. The van der Waals surface area contributed by atoms with E-state index in [9.17, 15) is 0 Å². The molecule has 0 aliphatic carbocycles. The Labute approximate surface area is 108 Å². The van der Waals surface area contributed by atoms with Gasteiger partial charge in [0, 0.05) is 6.04 Å². The summed E-state index contributed by atoms with van der Waals surface area (Å²) in [5.74, 6) is 0.898. The molecule has 0 heterocycles. The molecule has 18 heavy (non-hydrogen) atoms. The molecule has 2 rings (SSSR count). The molecular weight excluding hydrogens is 222 g/mol. The molecule has 0 aliphatic rings. The van der Waals surface area contributed by atoms with Crippen LogP contribution in [0.2, 0.25) is 0 Å². The third-order valence-corrected chi connectivity index (χ3v) is 2.91. The van der Waals surface area contributed by atoms with Gasteiger partial charge in [-0.25, -0.2) is 0 Å². The predicted molar refractivity (Wildman–Crippen MR) is 75.6 cm³/mol. The Bertz CT molecular complexity index is 520. The molecule has 0 aromatic heterocycles. The minimum absolute atomic E-state index is 0.0250. The first kappa shape index (κ1) is 12.7. The fraction of sp³-hybridized carbons (Fsp3) is 0.250. The molecule has 0 fully saturated rings. The van der Waals surface area contributed by atoms with Crippen molar-refractivity contribution in [1.82, 2.24) is 0 Å².